The largest absolute Gasteiger partial charge is 0.354 e. The highest BCUT2D eigenvalue weighted by molar-refractivity contribution is 6.42. The molecule has 3 aliphatic heterocycles. The first-order valence-corrected chi connectivity index (χ1v) is 14.0. The van der Waals surface area contributed by atoms with E-state index in [0.717, 1.165) is 64.0 Å². The molecule has 3 fully saturated rings. The Bertz CT molecular complexity index is 1120. The van der Waals surface area contributed by atoms with Gasteiger partial charge in [0.15, 0.2) is 0 Å². The van der Waals surface area contributed by atoms with Crippen molar-refractivity contribution in [2.24, 2.45) is 0 Å². The van der Waals surface area contributed by atoms with Gasteiger partial charge < -0.3 is 10.2 Å². The zero-order chi connectivity index (χ0) is 26.0. The quantitative estimate of drug-likeness (QED) is 0.568. The van der Waals surface area contributed by atoms with E-state index in [1.54, 1.807) is 13.1 Å². The van der Waals surface area contributed by atoms with Crippen molar-refractivity contribution in [3.63, 3.8) is 0 Å². The average Bonchev–Trinajstić information content (AvgIpc) is 2.87. The number of nitrogens with one attached hydrogen (secondary N) is 1. The molecule has 0 bridgehead atoms. The molecule has 1 atom stereocenters. The van der Waals surface area contributed by atoms with Crippen LogP contribution in [-0.2, 0) is 15.0 Å². The summed E-state index contributed by atoms with van der Waals surface area (Å²) in [6, 6.07) is 12.5. The van der Waals surface area contributed by atoms with E-state index < -0.39 is 0 Å². The smallest absolute Gasteiger partial charge is 0.228 e. The van der Waals surface area contributed by atoms with Gasteiger partial charge in [-0.25, -0.2) is 4.98 Å². The predicted molar refractivity (Wildman–Crippen MR) is 147 cm³/mol. The van der Waals surface area contributed by atoms with Crippen LogP contribution in [0.25, 0.3) is 0 Å². The summed E-state index contributed by atoms with van der Waals surface area (Å²) < 4.78 is 0. The molecule has 4 heterocycles. The van der Waals surface area contributed by atoms with Gasteiger partial charge in [0.2, 0.25) is 11.8 Å². The zero-order valence-electron chi connectivity index (χ0n) is 21.3. The van der Waals surface area contributed by atoms with Gasteiger partial charge in [-0.05, 0) is 62.1 Å². The van der Waals surface area contributed by atoms with Gasteiger partial charge >= 0.3 is 0 Å². The van der Waals surface area contributed by atoms with Crippen molar-refractivity contribution in [1.29, 1.82) is 0 Å². The molecule has 7 nitrogen and oxygen atoms in total. The maximum Gasteiger partial charge on any atom is 0.228 e. The van der Waals surface area contributed by atoms with E-state index >= 15 is 0 Å². The SMILES string of the molecule is CC(=O)NC1CCN(C2CN(CCC3(c4ccc(Cl)c(Cl)c4)CCC(=O)N(c4ccccn4)C3)C2)CC1. The van der Waals surface area contributed by atoms with Gasteiger partial charge in [-0.15, -0.1) is 0 Å². The summed E-state index contributed by atoms with van der Waals surface area (Å²) >= 11 is 12.7. The number of rotatable bonds is 7. The zero-order valence-corrected chi connectivity index (χ0v) is 22.8. The number of hydrogen-bond donors (Lipinski definition) is 1. The number of carbonyl (C=O) groups is 2. The molecule has 1 aromatic heterocycles. The van der Waals surface area contributed by atoms with Crippen LogP contribution < -0.4 is 10.2 Å². The fourth-order valence-corrected chi connectivity index (χ4v) is 6.41. The second-order valence-electron chi connectivity index (χ2n) is 10.8. The van der Waals surface area contributed by atoms with Crippen molar-refractivity contribution < 1.29 is 9.59 Å². The fraction of sp³-hybridized carbons (Fsp3) is 0.536. The molecule has 198 valence electrons. The van der Waals surface area contributed by atoms with E-state index in [-0.39, 0.29) is 17.2 Å². The van der Waals surface area contributed by atoms with Crippen LogP contribution >= 0.6 is 23.2 Å². The lowest BCUT2D eigenvalue weighted by Gasteiger charge is -2.49. The monoisotopic (exact) mass is 543 g/mol. The van der Waals surface area contributed by atoms with Crippen LogP contribution in [0, 0.1) is 0 Å². The van der Waals surface area contributed by atoms with Crippen LogP contribution in [0.4, 0.5) is 5.82 Å². The van der Waals surface area contributed by atoms with Gasteiger partial charge in [-0.1, -0.05) is 35.3 Å². The minimum atomic E-state index is -0.221. The molecule has 1 aromatic carbocycles. The van der Waals surface area contributed by atoms with Crippen LogP contribution in [0.1, 0.15) is 44.6 Å². The summed E-state index contributed by atoms with van der Waals surface area (Å²) in [7, 11) is 0. The number of benzene rings is 1. The molecule has 0 spiro atoms. The summed E-state index contributed by atoms with van der Waals surface area (Å²) in [4.78, 5) is 35.7. The molecule has 1 unspecified atom stereocenters. The number of pyridine rings is 1. The molecule has 3 saturated heterocycles. The number of piperidine rings is 2. The number of likely N-dealkylation sites (tertiary alicyclic amines) is 2. The third-order valence-electron chi connectivity index (χ3n) is 8.33. The van der Waals surface area contributed by atoms with E-state index in [1.807, 2.05) is 35.2 Å². The fourth-order valence-electron chi connectivity index (χ4n) is 6.11. The number of anilines is 1. The van der Waals surface area contributed by atoms with Gasteiger partial charge in [0.05, 0.1) is 10.0 Å². The summed E-state index contributed by atoms with van der Waals surface area (Å²) in [6.07, 6.45) is 5.96. The van der Waals surface area contributed by atoms with E-state index in [2.05, 4.69) is 26.2 Å². The van der Waals surface area contributed by atoms with Crippen molar-refractivity contribution >= 4 is 40.8 Å². The summed E-state index contributed by atoms with van der Waals surface area (Å²) in [5.74, 6) is 0.875. The summed E-state index contributed by atoms with van der Waals surface area (Å²) in [5.41, 5.74) is 0.911. The van der Waals surface area contributed by atoms with Crippen molar-refractivity contribution in [1.82, 2.24) is 20.1 Å². The summed E-state index contributed by atoms with van der Waals surface area (Å²) in [5, 5.41) is 4.15. The third-order valence-corrected chi connectivity index (χ3v) is 9.07. The highest BCUT2D eigenvalue weighted by Crippen LogP contribution is 2.41. The predicted octanol–water partition coefficient (Wildman–Crippen LogP) is 4.13. The molecular formula is C28H35Cl2N5O2. The highest BCUT2D eigenvalue weighted by atomic mass is 35.5. The third kappa shape index (κ3) is 5.95. The van der Waals surface area contributed by atoms with Gasteiger partial charge in [-0.2, -0.15) is 0 Å². The first-order chi connectivity index (χ1) is 17.8. The second-order valence-corrected chi connectivity index (χ2v) is 11.6. The number of aromatic nitrogens is 1. The molecule has 37 heavy (non-hydrogen) atoms. The molecule has 3 aliphatic rings. The van der Waals surface area contributed by atoms with E-state index in [9.17, 15) is 9.59 Å². The molecular weight excluding hydrogens is 509 g/mol. The topological polar surface area (TPSA) is 68.8 Å². The maximum atomic E-state index is 12.9. The van der Waals surface area contributed by atoms with Gasteiger partial charge in [0, 0.05) is 69.8 Å². The lowest BCUT2D eigenvalue weighted by atomic mass is 9.71. The van der Waals surface area contributed by atoms with Crippen LogP contribution in [-0.4, -0.2) is 78.0 Å². The van der Waals surface area contributed by atoms with Crippen LogP contribution in [0.5, 0.6) is 0 Å². The van der Waals surface area contributed by atoms with E-state index in [0.29, 0.717) is 40.9 Å². The van der Waals surface area contributed by atoms with Crippen molar-refractivity contribution in [2.45, 2.75) is 56.5 Å². The van der Waals surface area contributed by atoms with E-state index in [1.165, 1.54) is 0 Å². The first kappa shape index (κ1) is 26.4. The standard InChI is InChI=1S/C28H35Cl2N5O2/c1-20(36)32-22-8-13-34(14-9-22)23-17-33(18-23)15-11-28(21-5-6-24(29)25(30)16-21)10-7-27(37)35(19-28)26-4-2-3-12-31-26/h2-6,12,16,22-23H,7-11,13-15,17-19H2,1H3,(H,32,36). The van der Waals surface area contributed by atoms with Crippen molar-refractivity contribution in [2.75, 3.05) is 44.2 Å². The Morgan fingerprint density at radius 3 is 2.59 bits per heavy atom. The number of nitrogens with zero attached hydrogens (tertiary/aromatic N) is 4. The molecule has 9 heteroatoms. The lowest BCUT2D eigenvalue weighted by molar-refractivity contribution is -0.121. The number of carbonyl (C=O) groups excluding carboxylic acids is 2. The Morgan fingerprint density at radius 1 is 1.14 bits per heavy atom. The first-order valence-electron chi connectivity index (χ1n) is 13.2. The average molecular weight is 545 g/mol. The van der Waals surface area contributed by atoms with Gasteiger partial charge in [-0.3, -0.25) is 19.4 Å². The molecule has 0 aliphatic carbocycles. The summed E-state index contributed by atoms with van der Waals surface area (Å²) in [6.45, 7) is 7.34. The van der Waals surface area contributed by atoms with Crippen molar-refractivity contribution in [3.05, 3.63) is 58.2 Å². The Hall–Kier alpha value is -2.19. The van der Waals surface area contributed by atoms with Gasteiger partial charge in [0.1, 0.15) is 5.82 Å². The van der Waals surface area contributed by atoms with Crippen LogP contribution in [0.15, 0.2) is 42.6 Å². The normalized spacial score (nSPS) is 24.2. The van der Waals surface area contributed by atoms with Crippen LogP contribution in [0.2, 0.25) is 10.0 Å². The second kappa shape index (κ2) is 11.3. The highest BCUT2D eigenvalue weighted by Gasteiger charge is 2.42. The Balaban J connectivity index is 1.25. The van der Waals surface area contributed by atoms with Gasteiger partial charge in [0.25, 0.3) is 0 Å². The number of hydrogen-bond acceptors (Lipinski definition) is 5. The molecule has 0 radical (unpaired) electrons. The molecule has 2 aromatic rings. The minimum absolute atomic E-state index is 0.0650. The molecule has 5 rings (SSSR count). The maximum absolute atomic E-state index is 12.9. The van der Waals surface area contributed by atoms with Crippen LogP contribution in [0.3, 0.4) is 0 Å². The number of amides is 2. The Morgan fingerprint density at radius 2 is 1.92 bits per heavy atom. The molecule has 1 N–H and O–H groups in total. The molecule has 2 amide bonds. The van der Waals surface area contributed by atoms with E-state index in [4.69, 9.17) is 23.2 Å². The lowest BCUT2D eigenvalue weighted by Crippen LogP contribution is -2.62. The minimum Gasteiger partial charge on any atom is -0.354 e. The molecule has 0 saturated carbocycles. The Labute approximate surface area is 229 Å². The number of halogens is 2. The Kier molecular flexibility index (Phi) is 8.05. The van der Waals surface area contributed by atoms with Crippen molar-refractivity contribution in [3.8, 4) is 0 Å².